The van der Waals surface area contributed by atoms with Gasteiger partial charge in [-0.25, -0.2) is 13.4 Å². The number of ether oxygens (including phenoxy) is 2. The van der Waals surface area contributed by atoms with E-state index in [1.807, 2.05) is 30.4 Å². The Morgan fingerprint density at radius 3 is 2.58 bits per heavy atom. The van der Waals surface area contributed by atoms with E-state index in [0.717, 1.165) is 12.2 Å². The van der Waals surface area contributed by atoms with Crippen LogP contribution in [0.25, 0.3) is 11.2 Å². The molecule has 0 amide bonds. The molecule has 1 fully saturated rings. The Labute approximate surface area is 193 Å². The fourth-order valence-corrected chi connectivity index (χ4v) is 5.04. The number of aryl methyl sites for hydroxylation is 2. The van der Waals surface area contributed by atoms with E-state index in [0.29, 0.717) is 73.3 Å². The van der Waals surface area contributed by atoms with Crippen LogP contribution < -0.4 is 15.4 Å². The summed E-state index contributed by atoms with van der Waals surface area (Å²) < 4.78 is 39.6. The number of sulfone groups is 1. The van der Waals surface area contributed by atoms with Crippen LogP contribution in [0.3, 0.4) is 0 Å². The SMILES string of the molecule is CCCOc1ccc(CS(=O)(=O)c2nc(N3CCOCC3)c3nc(CC)n(C)c3n2)cc1N. The van der Waals surface area contributed by atoms with Gasteiger partial charge in [0.2, 0.25) is 9.84 Å². The lowest BCUT2D eigenvalue weighted by Crippen LogP contribution is -2.37. The minimum Gasteiger partial charge on any atom is -0.491 e. The number of imidazole rings is 1. The van der Waals surface area contributed by atoms with E-state index >= 15 is 0 Å². The monoisotopic (exact) mass is 474 g/mol. The largest absolute Gasteiger partial charge is 0.491 e. The highest BCUT2D eigenvalue weighted by atomic mass is 32.2. The molecule has 0 atom stereocenters. The Morgan fingerprint density at radius 2 is 1.91 bits per heavy atom. The van der Waals surface area contributed by atoms with Crippen molar-refractivity contribution < 1.29 is 17.9 Å². The Hall–Kier alpha value is -2.92. The smallest absolute Gasteiger partial charge is 0.251 e. The molecule has 1 aliphatic rings. The van der Waals surface area contributed by atoms with Gasteiger partial charge in [-0.05, 0) is 24.1 Å². The van der Waals surface area contributed by atoms with Crippen molar-refractivity contribution in [3.8, 4) is 5.75 Å². The Kier molecular flexibility index (Phi) is 6.71. The van der Waals surface area contributed by atoms with E-state index < -0.39 is 9.84 Å². The Bertz CT molecular complexity index is 1250. The zero-order valence-electron chi connectivity index (χ0n) is 19.2. The highest BCUT2D eigenvalue weighted by Gasteiger charge is 2.27. The third-order valence-corrected chi connectivity index (χ3v) is 7.02. The number of benzene rings is 1. The van der Waals surface area contributed by atoms with E-state index in [4.69, 9.17) is 15.2 Å². The maximum absolute atomic E-state index is 13.4. The van der Waals surface area contributed by atoms with Crippen LogP contribution in [0, 0.1) is 0 Å². The van der Waals surface area contributed by atoms with Gasteiger partial charge in [0.05, 0.1) is 31.3 Å². The first-order valence-electron chi connectivity index (χ1n) is 11.1. The molecule has 0 aliphatic carbocycles. The number of nitrogen functional groups attached to an aromatic ring is 1. The number of rotatable bonds is 8. The van der Waals surface area contributed by atoms with Gasteiger partial charge in [0.15, 0.2) is 17.0 Å². The van der Waals surface area contributed by atoms with E-state index in [-0.39, 0.29) is 10.9 Å². The number of anilines is 2. The summed E-state index contributed by atoms with van der Waals surface area (Å²) >= 11 is 0. The normalized spacial score (nSPS) is 14.7. The van der Waals surface area contributed by atoms with Crippen molar-refractivity contribution in [3.63, 3.8) is 0 Å². The van der Waals surface area contributed by atoms with Gasteiger partial charge < -0.3 is 24.7 Å². The quantitative estimate of drug-likeness (QED) is 0.386. The van der Waals surface area contributed by atoms with Gasteiger partial charge >= 0.3 is 0 Å². The molecule has 0 spiro atoms. The van der Waals surface area contributed by atoms with Crippen molar-refractivity contribution in [2.75, 3.05) is 43.5 Å². The number of morpholine rings is 1. The topological polar surface area (TPSA) is 125 Å². The lowest BCUT2D eigenvalue weighted by atomic mass is 10.2. The Balaban J connectivity index is 1.73. The fraction of sp³-hybridized carbons (Fsp3) is 0.500. The number of fused-ring (bicyclic) bond motifs is 1. The van der Waals surface area contributed by atoms with Crippen molar-refractivity contribution in [1.82, 2.24) is 19.5 Å². The summed E-state index contributed by atoms with van der Waals surface area (Å²) in [7, 11) is -2.00. The zero-order chi connectivity index (χ0) is 23.6. The summed E-state index contributed by atoms with van der Waals surface area (Å²) in [5, 5.41) is -0.216. The van der Waals surface area contributed by atoms with E-state index in [1.165, 1.54) is 0 Å². The van der Waals surface area contributed by atoms with Crippen molar-refractivity contribution in [1.29, 1.82) is 0 Å². The first kappa shape index (κ1) is 23.2. The fourth-order valence-electron chi connectivity index (χ4n) is 3.84. The van der Waals surface area contributed by atoms with Crippen molar-refractivity contribution in [2.45, 2.75) is 37.6 Å². The average molecular weight is 475 g/mol. The number of aromatic nitrogens is 4. The summed E-state index contributed by atoms with van der Waals surface area (Å²) in [4.78, 5) is 15.6. The zero-order valence-corrected chi connectivity index (χ0v) is 20.1. The number of nitrogens with zero attached hydrogens (tertiary/aromatic N) is 5. The summed E-state index contributed by atoms with van der Waals surface area (Å²) in [6.07, 6.45) is 1.55. The molecule has 3 aromatic rings. The molecule has 0 saturated carbocycles. The first-order chi connectivity index (χ1) is 15.8. The second-order valence-electron chi connectivity index (χ2n) is 8.02. The molecular formula is C22H30N6O4S. The maximum atomic E-state index is 13.4. The lowest BCUT2D eigenvalue weighted by molar-refractivity contribution is 0.122. The minimum absolute atomic E-state index is 0.216. The minimum atomic E-state index is -3.84. The van der Waals surface area contributed by atoms with Crippen molar-refractivity contribution in [2.24, 2.45) is 7.05 Å². The molecule has 33 heavy (non-hydrogen) atoms. The van der Waals surface area contributed by atoms with Crippen LogP contribution in [-0.2, 0) is 33.8 Å². The van der Waals surface area contributed by atoms with E-state index in [2.05, 4.69) is 15.0 Å². The molecular weight excluding hydrogens is 444 g/mol. The Morgan fingerprint density at radius 1 is 1.15 bits per heavy atom. The van der Waals surface area contributed by atoms with E-state index in [9.17, 15) is 8.42 Å². The van der Waals surface area contributed by atoms with Gasteiger partial charge in [0.25, 0.3) is 5.16 Å². The summed E-state index contributed by atoms with van der Waals surface area (Å²) in [5.41, 5.74) is 8.14. The molecule has 11 heteroatoms. The van der Waals surface area contributed by atoms with Crippen LogP contribution in [0.15, 0.2) is 23.4 Å². The van der Waals surface area contributed by atoms with Gasteiger partial charge in [-0.1, -0.05) is 19.9 Å². The predicted octanol–water partition coefficient (Wildman–Crippen LogP) is 2.11. The summed E-state index contributed by atoms with van der Waals surface area (Å²) in [6, 6.07) is 5.04. The maximum Gasteiger partial charge on any atom is 0.251 e. The van der Waals surface area contributed by atoms with Crippen molar-refractivity contribution >= 4 is 32.5 Å². The molecule has 0 unspecified atom stereocenters. The molecule has 3 heterocycles. The molecule has 0 radical (unpaired) electrons. The van der Waals surface area contributed by atoms with Crippen LogP contribution in [0.4, 0.5) is 11.5 Å². The molecule has 2 N–H and O–H groups in total. The third-order valence-electron chi connectivity index (χ3n) is 5.57. The van der Waals surface area contributed by atoms with Crippen LogP contribution in [0.5, 0.6) is 5.75 Å². The van der Waals surface area contributed by atoms with Gasteiger partial charge in [0, 0.05) is 26.6 Å². The average Bonchev–Trinajstić information content (AvgIpc) is 3.14. The summed E-state index contributed by atoms with van der Waals surface area (Å²) in [5.74, 6) is 1.63. The van der Waals surface area contributed by atoms with Crippen LogP contribution in [0.2, 0.25) is 0 Å². The molecule has 1 saturated heterocycles. The number of hydrogen-bond donors (Lipinski definition) is 1. The van der Waals surface area contributed by atoms with Crippen LogP contribution in [-0.4, -0.2) is 60.8 Å². The molecule has 1 aromatic carbocycles. The van der Waals surface area contributed by atoms with Gasteiger partial charge in [-0.2, -0.15) is 9.97 Å². The highest BCUT2D eigenvalue weighted by molar-refractivity contribution is 7.90. The molecule has 1 aliphatic heterocycles. The standard InChI is InChI=1S/C22H30N6O4S/c1-4-10-32-17-7-6-15(13-16(17)23)14-33(29,30)22-25-20-19(24-18(5-2)27(20)3)21(26-22)28-8-11-31-12-9-28/h6-7,13H,4-5,8-12,14,23H2,1-3H3. The molecule has 178 valence electrons. The molecule has 4 rings (SSSR count). The first-order valence-corrected chi connectivity index (χ1v) is 12.8. The van der Waals surface area contributed by atoms with E-state index in [1.54, 1.807) is 18.2 Å². The molecule has 2 aromatic heterocycles. The predicted molar refractivity (Wildman–Crippen MR) is 126 cm³/mol. The van der Waals surface area contributed by atoms with Gasteiger partial charge in [-0.3, -0.25) is 0 Å². The van der Waals surface area contributed by atoms with Crippen molar-refractivity contribution in [3.05, 3.63) is 29.6 Å². The highest BCUT2D eigenvalue weighted by Crippen LogP contribution is 2.29. The summed E-state index contributed by atoms with van der Waals surface area (Å²) in [6.45, 7) is 6.87. The van der Waals surface area contributed by atoms with Crippen LogP contribution in [0.1, 0.15) is 31.7 Å². The molecule has 0 bridgehead atoms. The van der Waals surface area contributed by atoms with Gasteiger partial charge in [-0.15, -0.1) is 0 Å². The lowest BCUT2D eigenvalue weighted by Gasteiger charge is -2.28. The second kappa shape index (κ2) is 9.52. The number of hydrogen-bond acceptors (Lipinski definition) is 9. The van der Waals surface area contributed by atoms with Gasteiger partial charge in [0.1, 0.15) is 11.6 Å². The number of nitrogens with two attached hydrogens (primary N) is 1. The van der Waals surface area contributed by atoms with Crippen LogP contribution >= 0.6 is 0 Å². The second-order valence-corrected chi connectivity index (χ2v) is 9.91. The third kappa shape index (κ3) is 4.74. The molecule has 10 nitrogen and oxygen atoms in total.